The number of ether oxygens (including phenoxy) is 1. The third kappa shape index (κ3) is 5.88. The number of likely N-dealkylation sites (tertiary alicyclic amines) is 1. The third-order valence-electron chi connectivity index (χ3n) is 6.72. The van der Waals surface area contributed by atoms with E-state index in [9.17, 15) is 9.59 Å². The number of piperidine rings is 1. The minimum atomic E-state index is -0.151. The zero-order valence-corrected chi connectivity index (χ0v) is 19.7. The van der Waals surface area contributed by atoms with Crippen LogP contribution in [0, 0.1) is 5.92 Å². The normalized spacial score (nSPS) is 17.3. The fourth-order valence-electron chi connectivity index (χ4n) is 4.83. The quantitative estimate of drug-likeness (QED) is 0.597. The summed E-state index contributed by atoms with van der Waals surface area (Å²) in [5, 5.41) is 5.43. The number of thiophene rings is 1. The first-order chi connectivity index (χ1) is 15.6. The van der Waals surface area contributed by atoms with Crippen molar-refractivity contribution in [2.75, 3.05) is 32.1 Å². The lowest BCUT2D eigenvalue weighted by Gasteiger charge is -2.33. The van der Waals surface area contributed by atoms with Crippen LogP contribution in [-0.2, 0) is 27.2 Å². The van der Waals surface area contributed by atoms with Gasteiger partial charge < -0.3 is 15.0 Å². The summed E-state index contributed by atoms with van der Waals surface area (Å²) in [6.07, 6.45) is 6.83. The number of aryl methyl sites for hydroxylation is 2. The van der Waals surface area contributed by atoms with Gasteiger partial charge in [0.15, 0.2) is 0 Å². The SMILES string of the molecule is COC(=O)CC(CC1CCN(C(=O)CCc2ccc3c(n2)NCCC3)CC1)c1cccs1. The number of fused-ring (bicyclic) bond motifs is 1. The molecule has 1 unspecified atom stereocenters. The number of pyridine rings is 1. The topological polar surface area (TPSA) is 71.5 Å². The molecule has 0 radical (unpaired) electrons. The third-order valence-corrected chi connectivity index (χ3v) is 7.75. The zero-order valence-electron chi connectivity index (χ0n) is 18.8. The van der Waals surface area contributed by atoms with Crippen molar-refractivity contribution in [1.29, 1.82) is 0 Å². The van der Waals surface area contributed by atoms with E-state index >= 15 is 0 Å². The Bertz CT molecular complexity index is 907. The van der Waals surface area contributed by atoms with Crippen LogP contribution >= 0.6 is 11.3 Å². The van der Waals surface area contributed by atoms with E-state index in [1.165, 1.54) is 17.6 Å². The predicted octanol–water partition coefficient (Wildman–Crippen LogP) is 4.41. The Morgan fingerprint density at radius 1 is 1.28 bits per heavy atom. The molecule has 1 saturated heterocycles. The Labute approximate surface area is 194 Å². The number of nitrogens with zero attached hydrogens (tertiary/aromatic N) is 2. The van der Waals surface area contributed by atoms with Crippen LogP contribution in [0.4, 0.5) is 5.82 Å². The van der Waals surface area contributed by atoms with Gasteiger partial charge in [-0.3, -0.25) is 9.59 Å². The minimum Gasteiger partial charge on any atom is -0.469 e. The van der Waals surface area contributed by atoms with Crippen LogP contribution in [-0.4, -0.2) is 48.5 Å². The highest BCUT2D eigenvalue weighted by molar-refractivity contribution is 7.10. The van der Waals surface area contributed by atoms with Gasteiger partial charge in [-0.25, -0.2) is 4.98 Å². The van der Waals surface area contributed by atoms with Crippen LogP contribution in [0.5, 0.6) is 0 Å². The summed E-state index contributed by atoms with van der Waals surface area (Å²) in [6.45, 7) is 2.58. The first-order valence-corrected chi connectivity index (χ1v) is 12.6. The number of amides is 1. The molecule has 0 spiro atoms. The van der Waals surface area contributed by atoms with Gasteiger partial charge in [0.25, 0.3) is 0 Å². The Kier molecular flexibility index (Phi) is 7.79. The van der Waals surface area contributed by atoms with Gasteiger partial charge in [0.05, 0.1) is 13.5 Å². The van der Waals surface area contributed by atoms with E-state index in [1.54, 1.807) is 11.3 Å². The Morgan fingerprint density at radius 2 is 2.12 bits per heavy atom. The fraction of sp³-hybridized carbons (Fsp3) is 0.560. The highest BCUT2D eigenvalue weighted by atomic mass is 32.1. The van der Waals surface area contributed by atoms with Gasteiger partial charge in [0.2, 0.25) is 5.91 Å². The van der Waals surface area contributed by atoms with Crippen LogP contribution in [0.1, 0.15) is 60.6 Å². The first-order valence-electron chi connectivity index (χ1n) is 11.7. The highest BCUT2D eigenvalue weighted by Gasteiger charge is 2.27. The van der Waals surface area contributed by atoms with Crippen LogP contribution in [0.3, 0.4) is 0 Å². The lowest BCUT2D eigenvalue weighted by atomic mass is 9.85. The second-order valence-electron chi connectivity index (χ2n) is 8.89. The summed E-state index contributed by atoms with van der Waals surface area (Å²) >= 11 is 1.71. The van der Waals surface area contributed by atoms with Crippen molar-refractivity contribution in [3.05, 3.63) is 45.8 Å². The number of hydrogen-bond acceptors (Lipinski definition) is 6. The summed E-state index contributed by atoms with van der Waals surface area (Å²) in [5.41, 5.74) is 2.27. The predicted molar refractivity (Wildman–Crippen MR) is 127 cm³/mol. The molecule has 6 nitrogen and oxygen atoms in total. The van der Waals surface area contributed by atoms with E-state index in [2.05, 4.69) is 28.9 Å². The average molecular weight is 456 g/mol. The Hall–Kier alpha value is -2.41. The molecule has 0 aromatic carbocycles. The molecule has 32 heavy (non-hydrogen) atoms. The maximum atomic E-state index is 12.8. The van der Waals surface area contributed by atoms with Gasteiger partial charge in [0.1, 0.15) is 5.82 Å². The molecule has 4 rings (SSSR count). The lowest BCUT2D eigenvalue weighted by Crippen LogP contribution is -2.39. The van der Waals surface area contributed by atoms with Crippen molar-refractivity contribution in [3.63, 3.8) is 0 Å². The van der Waals surface area contributed by atoms with Crippen LogP contribution in [0.2, 0.25) is 0 Å². The second kappa shape index (κ2) is 10.9. The van der Waals surface area contributed by atoms with Crippen molar-refractivity contribution in [3.8, 4) is 0 Å². The molecule has 2 aliphatic rings. The molecule has 2 aliphatic heterocycles. The molecular formula is C25H33N3O3S. The van der Waals surface area contributed by atoms with Gasteiger partial charge in [-0.1, -0.05) is 12.1 Å². The standard InChI is InChI=1S/C25H33N3O3S/c1-31-24(30)17-20(22-5-3-15-32-22)16-18-10-13-28(14-11-18)23(29)9-8-21-7-6-19-4-2-12-26-25(19)27-21/h3,5-7,15,18,20H,2,4,8-14,16-17H2,1H3,(H,26,27). The van der Waals surface area contributed by atoms with Crippen molar-refractivity contribution in [1.82, 2.24) is 9.88 Å². The number of carbonyl (C=O) groups is 2. The van der Waals surface area contributed by atoms with Crippen molar-refractivity contribution in [2.45, 2.75) is 57.3 Å². The van der Waals surface area contributed by atoms with E-state index in [0.29, 0.717) is 25.2 Å². The lowest BCUT2D eigenvalue weighted by molar-refractivity contribution is -0.141. The van der Waals surface area contributed by atoms with E-state index in [4.69, 9.17) is 9.72 Å². The fourth-order valence-corrected chi connectivity index (χ4v) is 5.67. The van der Waals surface area contributed by atoms with Gasteiger partial charge in [-0.05, 0) is 67.5 Å². The molecule has 1 N–H and O–H groups in total. The monoisotopic (exact) mass is 455 g/mol. The van der Waals surface area contributed by atoms with Crippen molar-refractivity contribution in [2.24, 2.45) is 5.92 Å². The van der Waals surface area contributed by atoms with Gasteiger partial charge in [0, 0.05) is 42.5 Å². The van der Waals surface area contributed by atoms with Crippen molar-refractivity contribution >= 4 is 29.0 Å². The number of rotatable bonds is 8. The first kappa shape index (κ1) is 22.8. The maximum Gasteiger partial charge on any atom is 0.306 e. The minimum absolute atomic E-state index is 0.151. The van der Waals surface area contributed by atoms with E-state index in [1.807, 2.05) is 11.0 Å². The summed E-state index contributed by atoms with van der Waals surface area (Å²) in [6, 6.07) is 8.37. The molecular weight excluding hydrogens is 422 g/mol. The molecule has 2 aromatic heterocycles. The highest BCUT2D eigenvalue weighted by Crippen LogP contribution is 2.34. The molecule has 0 aliphatic carbocycles. The zero-order chi connectivity index (χ0) is 22.3. The number of hydrogen-bond donors (Lipinski definition) is 1. The number of carbonyl (C=O) groups excluding carboxylic acids is 2. The molecule has 1 atom stereocenters. The Morgan fingerprint density at radius 3 is 2.88 bits per heavy atom. The van der Waals surface area contributed by atoms with E-state index < -0.39 is 0 Å². The van der Waals surface area contributed by atoms with Gasteiger partial charge in [-0.2, -0.15) is 0 Å². The molecule has 0 bridgehead atoms. The summed E-state index contributed by atoms with van der Waals surface area (Å²) < 4.78 is 4.91. The molecule has 1 fully saturated rings. The molecule has 2 aromatic rings. The average Bonchev–Trinajstić information content (AvgIpc) is 3.37. The molecule has 4 heterocycles. The van der Waals surface area contributed by atoms with Gasteiger partial charge >= 0.3 is 5.97 Å². The number of aromatic nitrogens is 1. The summed E-state index contributed by atoms with van der Waals surface area (Å²) in [5.74, 6) is 1.80. The molecule has 7 heteroatoms. The van der Waals surface area contributed by atoms with E-state index in [0.717, 1.165) is 63.3 Å². The largest absolute Gasteiger partial charge is 0.469 e. The van der Waals surface area contributed by atoms with Crippen LogP contribution in [0.15, 0.2) is 29.6 Å². The van der Waals surface area contributed by atoms with Crippen LogP contribution in [0.25, 0.3) is 0 Å². The molecule has 1 amide bonds. The van der Waals surface area contributed by atoms with E-state index in [-0.39, 0.29) is 17.8 Å². The number of nitrogens with one attached hydrogen (secondary N) is 1. The maximum absolute atomic E-state index is 12.8. The summed E-state index contributed by atoms with van der Waals surface area (Å²) in [4.78, 5) is 32.6. The smallest absolute Gasteiger partial charge is 0.306 e. The molecule has 172 valence electrons. The number of anilines is 1. The Balaban J connectivity index is 1.24. The van der Waals surface area contributed by atoms with Crippen molar-refractivity contribution < 1.29 is 14.3 Å². The van der Waals surface area contributed by atoms with Crippen LogP contribution < -0.4 is 5.32 Å². The second-order valence-corrected chi connectivity index (χ2v) is 9.87. The molecule has 0 saturated carbocycles. The summed E-state index contributed by atoms with van der Waals surface area (Å²) in [7, 11) is 1.45. The number of esters is 1. The number of methoxy groups -OCH3 is 1. The van der Waals surface area contributed by atoms with Gasteiger partial charge in [-0.15, -0.1) is 11.3 Å².